The summed E-state index contributed by atoms with van der Waals surface area (Å²) >= 11 is 1.91. The summed E-state index contributed by atoms with van der Waals surface area (Å²) in [5.74, 6) is 3.63. The second kappa shape index (κ2) is 6.60. The van der Waals surface area contributed by atoms with Crippen molar-refractivity contribution in [3.63, 3.8) is 0 Å². The predicted octanol–water partition coefficient (Wildman–Crippen LogP) is 5.66. The van der Waals surface area contributed by atoms with Gasteiger partial charge in [-0.25, -0.2) is 0 Å². The Morgan fingerprint density at radius 3 is 2.65 bits per heavy atom. The normalized spacial score (nSPS) is 52.7. The molecule has 4 nitrogen and oxygen atoms in total. The van der Waals surface area contributed by atoms with Gasteiger partial charge in [-0.1, -0.05) is 25.4 Å². The second-order valence-electron chi connectivity index (χ2n) is 10.4. The van der Waals surface area contributed by atoms with E-state index in [1.54, 1.807) is 0 Å². The van der Waals surface area contributed by atoms with Gasteiger partial charge >= 0.3 is 0 Å². The van der Waals surface area contributed by atoms with Gasteiger partial charge in [-0.2, -0.15) is 11.8 Å². The number of azide groups is 1. The van der Waals surface area contributed by atoms with Gasteiger partial charge in [0.15, 0.2) is 0 Å². The van der Waals surface area contributed by atoms with Gasteiger partial charge in [-0.05, 0) is 102 Å². The molecule has 146 valence electrons. The Balaban J connectivity index is 1.68. The Labute approximate surface area is 162 Å². The Hall–Kier alpha value is -0.380. The molecular formula is C21H35N3OS. The minimum absolute atomic E-state index is 0.101. The van der Waals surface area contributed by atoms with E-state index in [4.69, 9.17) is 5.53 Å². The first-order valence-electron chi connectivity index (χ1n) is 10.6. The second-order valence-corrected chi connectivity index (χ2v) is 11.3. The number of fused-ring (bicyclic) bond motifs is 3. The molecule has 5 aliphatic rings. The molecule has 5 heteroatoms. The third-order valence-electron chi connectivity index (χ3n) is 9.46. The average molecular weight is 378 g/mol. The van der Waals surface area contributed by atoms with Crippen molar-refractivity contribution in [1.82, 2.24) is 0 Å². The molecule has 5 saturated carbocycles. The van der Waals surface area contributed by atoms with Gasteiger partial charge in [0.25, 0.3) is 0 Å². The van der Waals surface area contributed by atoms with Gasteiger partial charge < -0.3 is 5.11 Å². The van der Waals surface area contributed by atoms with E-state index in [9.17, 15) is 5.11 Å². The quantitative estimate of drug-likeness (QED) is 0.390. The van der Waals surface area contributed by atoms with Crippen molar-refractivity contribution in [3.8, 4) is 0 Å². The highest BCUT2D eigenvalue weighted by Crippen LogP contribution is 2.72. The Morgan fingerprint density at radius 1 is 1.15 bits per heavy atom. The minimum Gasteiger partial charge on any atom is -0.392 e. The van der Waals surface area contributed by atoms with E-state index in [2.05, 4.69) is 30.1 Å². The van der Waals surface area contributed by atoms with Crippen molar-refractivity contribution in [2.45, 2.75) is 71.3 Å². The number of thioether (sulfide) groups is 1. The molecule has 0 radical (unpaired) electrons. The Morgan fingerprint density at radius 2 is 1.92 bits per heavy atom. The van der Waals surface area contributed by atoms with Crippen LogP contribution in [0.3, 0.4) is 0 Å². The number of nitrogens with zero attached hydrogens (tertiary/aromatic N) is 3. The zero-order valence-electron chi connectivity index (χ0n) is 16.7. The van der Waals surface area contributed by atoms with Crippen molar-refractivity contribution in [1.29, 1.82) is 0 Å². The van der Waals surface area contributed by atoms with Crippen LogP contribution >= 0.6 is 11.8 Å². The number of aliphatic hydroxyl groups is 1. The summed E-state index contributed by atoms with van der Waals surface area (Å²) in [6, 6.07) is 0. The van der Waals surface area contributed by atoms with E-state index in [1.807, 2.05) is 11.8 Å². The molecule has 0 aliphatic heterocycles. The summed E-state index contributed by atoms with van der Waals surface area (Å²) in [7, 11) is 0. The van der Waals surface area contributed by atoms with Gasteiger partial charge in [-0.15, -0.1) is 0 Å². The monoisotopic (exact) mass is 377 g/mol. The molecule has 0 amide bonds. The van der Waals surface area contributed by atoms with Crippen LogP contribution in [-0.4, -0.2) is 29.8 Å². The van der Waals surface area contributed by atoms with Crippen LogP contribution in [0.15, 0.2) is 5.11 Å². The molecule has 8 atom stereocenters. The summed E-state index contributed by atoms with van der Waals surface area (Å²) in [5, 5.41) is 15.5. The highest BCUT2D eigenvalue weighted by molar-refractivity contribution is 7.98. The smallest absolute Gasteiger partial charge is 0.0637 e. The molecule has 0 heterocycles. The summed E-state index contributed by atoms with van der Waals surface area (Å²) in [6.07, 6.45) is 12.1. The van der Waals surface area contributed by atoms with Crippen LogP contribution in [-0.2, 0) is 0 Å². The summed E-state index contributed by atoms with van der Waals surface area (Å²) in [6.45, 7) is 5.55. The first-order chi connectivity index (χ1) is 12.4. The maximum Gasteiger partial charge on any atom is 0.0637 e. The van der Waals surface area contributed by atoms with Crippen molar-refractivity contribution < 1.29 is 5.11 Å². The fourth-order valence-electron chi connectivity index (χ4n) is 8.41. The Kier molecular flexibility index (Phi) is 4.81. The number of rotatable bonds is 4. The van der Waals surface area contributed by atoms with Gasteiger partial charge in [-0.3, -0.25) is 0 Å². The average Bonchev–Trinajstić information content (AvgIpc) is 2.63. The lowest BCUT2D eigenvalue weighted by atomic mass is 9.35. The number of aliphatic hydroxyl groups excluding tert-OH is 1. The summed E-state index contributed by atoms with van der Waals surface area (Å²) in [4.78, 5) is 3.08. The lowest BCUT2D eigenvalue weighted by Crippen LogP contribution is -2.66. The van der Waals surface area contributed by atoms with Gasteiger partial charge in [0.05, 0.1) is 6.10 Å². The van der Waals surface area contributed by atoms with Crippen LogP contribution in [0.1, 0.15) is 65.2 Å². The molecule has 5 aliphatic carbocycles. The minimum atomic E-state index is -0.101. The predicted molar refractivity (Wildman–Crippen MR) is 108 cm³/mol. The van der Waals surface area contributed by atoms with Crippen molar-refractivity contribution in [2.24, 2.45) is 45.0 Å². The van der Waals surface area contributed by atoms with Crippen LogP contribution in [0, 0.1) is 39.9 Å². The van der Waals surface area contributed by atoms with E-state index in [1.165, 1.54) is 51.4 Å². The Bertz CT molecular complexity index is 608. The van der Waals surface area contributed by atoms with Gasteiger partial charge in [0.1, 0.15) is 0 Å². The van der Waals surface area contributed by atoms with Crippen molar-refractivity contribution >= 4 is 11.8 Å². The zero-order chi connectivity index (χ0) is 18.6. The maximum atomic E-state index is 11.5. The first kappa shape index (κ1) is 19.0. The summed E-state index contributed by atoms with van der Waals surface area (Å²) in [5.41, 5.74) is 9.49. The fourth-order valence-corrected chi connectivity index (χ4v) is 9.25. The van der Waals surface area contributed by atoms with Crippen molar-refractivity contribution in [3.05, 3.63) is 10.4 Å². The molecule has 0 aromatic carbocycles. The molecule has 0 aromatic heterocycles. The van der Waals surface area contributed by atoms with E-state index in [0.717, 1.165) is 5.75 Å². The molecule has 0 saturated heterocycles. The topological polar surface area (TPSA) is 69.0 Å². The van der Waals surface area contributed by atoms with Crippen LogP contribution in [0.25, 0.3) is 10.4 Å². The highest BCUT2D eigenvalue weighted by atomic mass is 32.2. The standard InChI is InChI=1S/C21H35N3OS/c1-19(13-23-24-22)7-4-8-20(2)16(19)6-10-21-9-5-14(11-17(20)21)15(12-26-3)18(21)25/h14-18,25H,4-13H2,1-3H3/t14-,15+,16-,17+,18-,19+,20-,21+/m1/s1. The lowest BCUT2D eigenvalue weighted by molar-refractivity contribution is -0.239. The molecule has 0 aromatic rings. The SMILES string of the molecule is CSC[C@H]1[C@@H]2CC[C@@]3(CC[C@@H]4[C@](C)(CN=[N+]=[N-])CCC[C@@]4(C)[C@@H]3C2)[C@@H]1O. The first-order valence-corrected chi connectivity index (χ1v) is 12.0. The molecule has 5 fully saturated rings. The molecule has 1 N–H and O–H groups in total. The molecular weight excluding hydrogens is 342 g/mol. The summed E-state index contributed by atoms with van der Waals surface area (Å²) < 4.78 is 0. The number of hydrogen-bond acceptors (Lipinski definition) is 3. The largest absolute Gasteiger partial charge is 0.392 e. The number of hydrogen-bond donors (Lipinski definition) is 1. The van der Waals surface area contributed by atoms with Crippen LogP contribution in [0.4, 0.5) is 0 Å². The van der Waals surface area contributed by atoms with E-state index >= 15 is 0 Å². The van der Waals surface area contributed by atoms with Crippen LogP contribution < -0.4 is 0 Å². The highest BCUT2D eigenvalue weighted by Gasteiger charge is 2.67. The zero-order valence-corrected chi connectivity index (χ0v) is 17.5. The fraction of sp³-hybridized carbons (Fsp3) is 1.00. The van der Waals surface area contributed by atoms with Gasteiger partial charge in [0.2, 0.25) is 0 Å². The molecule has 5 rings (SSSR count). The lowest BCUT2D eigenvalue weighted by Gasteiger charge is -2.70. The maximum absolute atomic E-state index is 11.5. The van der Waals surface area contributed by atoms with Crippen LogP contribution in [0.5, 0.6) is 0 Å². The van der Waals surface area contributed by atoms with E-state index in [-0.39, 0.29) is 16.9 Å². The van der Waals surface area contributed by atoms with E-state index < -0.39 is 0 Å². The third kappa shape index (κ3) is 2.49. The van der Waals surface area contributed by atoms with E-state index in [0.29, 0.717) is 35.6 Å². The van der Waals surface area contributed by atoms with Gasteiger partial charge in [0, 0.05) is 11.5 Å². The van der Waals surface area contributed by atoms with Crippen LogP contribution in [0.2, 0.25) is 0 Å². The molecule has 1 spiro atoms. The molecule has 26 heavy (non-hydrogen) atoms. The van der Waals surface area contributed by atoms with Crippen molar-refractivity contribution in [2.75, 3.05) is 18.6 Å². The molecule has 0 unspecified atom stereocenters. The third-order valence-corrected chi connectivity index (χ3v) is 10.2. The molecule has 2 bridgehead atoms.